The van der Waals surface area contributed by atoms with Crippen molar-refractivity contribution in [1.82, 2.24) is 19.9 Å². The third kappa shape index (κ3) is 3.60. The molecule has 1 atom stereocenters. The Bertz CT molecular complexity index is 855. The molecule has 1 aliphatic heterocycles. The molecule has 1 saturated heterocycles. The molecule has 1 amide bonds. The van der Waals surface area contributed by atoms with Crippen LogP contribution < -0.4 is 15.8 Å². The molecule has 2 aliphatic rings. The molecule has 0 bridgehead atoms. The summed E-state index contributed by atoms with van der Waals surface area (Å²) in [5.41, 5.74) is 0.311. The van der Waals surface area contributed by atoms with Gasteiger partial charge in [-0.2, -0.15) is 4.98 Å². The van der Waals surface area contributed by atoms with Gasteiger partial charge in [0.25, 0.3) is 5.56 Å². The number of thiazole rings is 1. The number of carbonyl (C=O) groups is 1. The third-order valence-corrected chi connectivity index (χ3v) is 6.43. The number of nitrogens with zero attached hydrogens (tertiary/aromatic N) is 4. The van der Waals surface area contributed by atoms with Crippen LogP contribution in [0.15, 0.2) is 11.1 Å². The number of fused-ring (bicyclic) bond motifs is 1. The predicted molar refractivity (Wildman–Crippen MR) is 103 cm³/mol. The van der Waals surface area contributed by atoms with Crippen LogP contribution in [-0.4, -0.2) is 39.6 Å². The lowest BCUT2D eigenvalue weighted by molar-refractivity contribution is -0.122. The molecular weight excluding hydrogens is 350 g/mol. The van der Waals surface area contributed by atoms with Crippen LogP contribution in [0.25, 0.3) is 10.3 Å². The fraction of sp³-hybridized carbons (Fsp3) is 0.667. The van der Waals surface area contributed by atoms with Gasteiger partial charge in [0.15, 0.2) is 10.8 Å². The molecule has 26 heavy (non-hydrogen) atoms. The Morgan fingerprint density at radius 3 is 2.88 bits per heavy atom. The van der Waals surface area contributed by atoms with Crippen LogP contribution in [-0.2, 0) is 11.3 Å². The van der Waals surface area contributed by atoms with Crippen LogP contribution >= 0.6 is 11.3 Å². The first-order chi connectivity index (χ1) is 12.6. The van der Waals surface area contributed by atoms with Crippen LogP contribution in [0.4, 0.5) is 5.13 Å². The van der Waals surface area contributed by atoms with E-state index in [2.05, 4.69) is 27.1 Å². The highest BCUT2D eigenvalue weighted by molar-refractivity contribution is 7.22. The summed E-state index contributed by atoms with van der Waals surface area (Å²) in [6.45, 7) is 4.21. The molecule has 0 spiro atoms. The highest BCUT2D eigenvalue weighted by atomic mass is 32.1. The highest BCUT2D eigenvalue weighted by Gasteiger charge is 2.22. The van der Waals surface area contributed by atoms with E-state index in [1.54, 1.807) is 0 Å². The van der Waals surface area contributed by atoms with E-state index < -0.39 is 0 Å². The lowest BCUT2D eigenvalue weighted by Crippen LogP contribution is -2.37. The molecule has 1 aliphatic carbocycles. The topological polar surface area (TPSA) is 80.1 Å². The zero-order chi connectivity index (χ0) is 18.1. The van der Waals surface area contributed by atoms with Crippen molar-refractivity contribution in [2.75, 3.05) is 18.0 Å². The monoisotopic (exact) mass is 375 g/mol. The van der Waals surface area contributed by atoms with E-state index in [1.807, 2.05) is 0 Å². The number of amides is 1. The van der Waals surface area contributed by atoms with Crippen LogP contribution in [0.1, 0.15) is 45.4 Å². The maximum atomic E-state index is 12.8. The molecular formula is C18H25N5O2S. The SMILES string of the molecule is C[C@H]1CCCN(c2nc3ncn(CC(=O)NC4CCCC4)c(=O)c3s2)C1. The largest absolute Gasteiger partial charge is 0.352 e. The van der Waals surface area contributed by atoms with Gasteiger partial charge in [-0.15, -0.1) is 0 Å². The number of anilines is 1. The van der Waals surface area contributed by atoms with Crippen LogP contribution in [0.3, 0.4) is 0 Å². The van der Waals surface area contributed by atoms with Gasteiger partial charge in [0.05, 0.1) is 0 Å². The van der Waals surface area contributed by atoms with Crippen molar-refractivity contribution in [3.63, 3.8) is 0 Å². The van der Waals surface area contributed by atoms with Crippen molar-refractivity contribution < 1.29 is 4.79 Å². The van der Waals surface area contributed by atoms with Gasteiger partial charge in [-0.05, 0) is 31.6 Å². The zero-order valence-electron chi connectivity index (χ0n) is 15.1. The van der Waals surface area contributed by atoms with Crippen LogP contribution in [0.5, 0.6) is 0 Å². The van der Waals surface area contributed by atoms with Gasteiger partial charge in [-0.25, -0.2) is 4.98 Å². The second-order valence-corrected chi connectivity index (χ2v) is 8.55. The summed E-state index contributed by atoms with van der Waals surface area (Å²) in [5, 5.41) is 3.88. The van der Waals surface area contributed by atoms with Gasteiger partial charge in [0, 0.05) is 19.1 Å². The van der Waals surface area contributed by atoms with Crippen molar-refractivity contribution in [2.45, 2.75) is 58.0 Å². The van der Waals surface area contributed by atoms with Crippen LogP contribution in [0.2, 0.25) is 0 Å². The number of hydrogen-bond acceptors (Lipinski definition) is 6. The average molecular weight is 375 g/mol. The Balaban J connectivity index is 1.52. The lowest BCUT2D eigenvalue weighted by Gasteiger charge is -2.30. The molecule has 0 aromatic carbocycles. The molecule has 2 fully saturated rings. The Kier molecular flexibility index (Phi) is 4.93. The molecule has 3 heterocycles. The van der Waals surface area contributed by atoms with E-state index in [9.17, 15) is 9.59 Å². The smallest absolute Gasteiger partial charge is 0.273 e. The molecule has 7 nitrogen and oxygen atoms in total. The third-order valence-electron chi connectivity index (χ3n) is 5.33. The Morgan fingerprint density at radius 2 is 2.12 bits per heavy atom. The molecule has 0 radical (unpaired) electrons. The first-order valence-corrected chi connectivity index (χ1v) is 10.3. The van der Waals surface area contributed by atoms with Crippen molar-refractivity contribution in [3.05, 3.63) is 16.7 Å². The molecule has 8 heteroatoms. The quantitative estimate of drug-likeness (QED) is 0.886. The number of nitrogens with one attached hydrogen (secondary N) is 1. The fourth-order valence-corrected chi connectivity index (χ4v) is 4.95. The maximum absolute atomic E-state index is 12.8. The van der Waals surface area contributed by atoms with Crippen molar-refractivity contribution >= 4 is 32.7 Å². The number of carbonyl (C=O) groups excluding carboxylic acids is 1. The predicted octanol–water partition coefficient (Wildman–Crippen LogP) is 2.15. The Morgan fingerprint density at radius 1 is 1.31 bits per heavy atom. The summed E-state index contributed by atoms with van der Waals surface area (Å²) in [5.74, 6) is 0.523. The second kappa shape index (κ2) is 7.34. The van der Waals surface area contributed by atoms with E-state index in [-0.39, 0.29) is 24.1 Å². The minimum absolute atomic E-state index is 0.0201. The fourth-order valence-electron chi connectivity index (χ4n) is 3.94. The summed E-state index contributed by atoms with van der Waals surface area (Å²) in [7, 11) is 0. The first-order valence-electron chi connectivity index (χ1n) is 9.50. The lowest BCUT2D eigenvalue weighted by atomic mass is 10.0. The van der Waals surface area contributed by atoms with Crippen molar-refractivity contribution in [1.29, 1.82) is 0 Å². The van der Waals surface area contributed by atoms with Crippen molar-refractivity contribution in [3.8, 4) is 0 Å². The minimum Gasteiger partial charge on any atom is -0.352 e. The molecule has 140 valence electrons. The van der Waals surface area contributed by atoms with Crippen LogP contribution in [0, 0.1) is 5.92 Å². The van der Waals surface area contributed by atoms with E-state index in [0.717, 1.165) is 50.3 Å². The minimum atomic E-state index is -0.176. The summed E-state index contributed by atoms with van der Waals surface area (Å²) in [6.07, 6.45) is 8.23. The summed E-state index contributed by atoms with van der Waals surface area (Å²) < 4.78 is 1.93. The van der Waals surface area contributed by atoms with Gasteiger partial charge >= 0.3 is 0 Å². The van der Waals surface area contributed by atoms with E-state index >= 15 is 0 Å². The van der Waals surface area contributed by atoms with E-state index in [4.69, 9.17) is 0 Å². The average Bonchev–Trinajstić information content (AvgIpc) is 3.27. The molecule has 1 saturated carbocycles. The summed E-state index contributed by atoms with van der Waals surface area (Å²) in [4.78, 5) is 36.1. The number of rotatable bonds is 4. The highest BCUT2D eigenvalue weighted by Crippen LogP contribution is 2.29. The molecule has 2 aromatic heterocycles. The maximum Gasteiger partial charge on any atom is 0.273 e. The Hall–Kier alpha value is -1.96. The number of aromatic nitrogens is 3. The molecule has 2 aromatic rings. The summed E-state index contributed by atoms with van der Waals surface area (Å²) in [6, 6.07) is 0.256. The standard InChI is InChI=1S/C18H25N5O2S/c1-12-5-4-8-22(9-12)18-21-16-15(26-18)17(25)23(11-19-16)10-14(24)20-13-6-2-3-7-13/h11-13H,2-10H2,1H3,(H,20,24)/t12-/m0/s1. The van der Waals surface area contributed by atoms with Gasteiger partial charge in [0.1, 0.15) is 17.6 Å². The molecule has 4 rings (SSSR count). The van der Waals surface area contributed by atoms with Crippen molar-refractivity contribution in [2.24, 2.45) is 5.92 Å². The molecule has 0 unspecified atom stereocenters. The summed E-state index contributed by atoms with van der Waals surface area (Å²) >= 11 is 1.39. The van der Waals surface area contributed by atoms with Gasteiger partial charge in [0.2, 0.25) is 5.91 Å². The van der Waals surface area contributed by atoms with Gasteiger partial charge in [-0.1, -0.05) is 31.1 Å². The van der Waals surface area contributed by atoms with Gasteiger partial charge < -0.3 is 10.2 Å². The number of piperidine rings is 1. The van der Waals surface area contributed by atoms with E-state index in [0.29, 0.717) is 16.3 Å². The second-order valence-electron chi connectivity index (χ2n) is 7.57. The molecule has 1 N–H and O–H groups in total. The van der Waals surface area contributed by atoms with Gasteiger partial charge in [-0.3, -0.25) is 14.2 Å². The zero-order valence-corrected chi connectivity index (χ0v) is 15.9. The normalized spacial score (nSPS) is 21.4. The Labute approximate surface area is 156 Å². The first kappa shape index (κ1) is 17.5. The number of hydrogen-bond donors (Lipinski definition) is 1. The van der Waals surface area contributed by atoms with E-state index in [1.165, 1.54) is 28.7 Å².